The van der Waals surface area contributed by atoms with Crippen LogP contribution in [0.1, 0.15) is 0 Å². The fraction of sp³-hybridized carbons (Fsp3) is 0.0714. The second kappa shape index (κ2) is 5.30. The van der Waals surface area contributed by atoms with Crippen LogP contribution in [0.25, 0.3) is 0 Å². The van der Waals surface area contributed by atoms with Gasteiger partial charge in [0.2, 0.25) is 5.91 Å². The molecule has 108 valence electrons. The third-order valence-electron chi connectivity index (χ3n) is 3.14. The monoisotopic (exact) mass is 414 g/mol. The van der Waals surface area contributed by atoms with Gasteiger partial charge in [-0.3, -0.25) is 9.10 Å². The molecule has 3 rings (SSSR count). The normalized spacial score (nSPS) is 14.5. The summed E-state index contributed by atoms with van der Waals surface area (Å²) in [4.78, 5) is 11.9. The number of halogens is 1. The van der Waals surface area contributed by atoms with Crippen molar-refractivity contribution >= 4 is 49.9 Å². The summed E-state index contributed by atoms with van der Waals surface area (Å²) in [7, 11) is -3.76. The maximum absolute atomic E-state index is 12.8. The average Bonchev–Trinajstić information content (AvgIpc) is 2.46. The Hall–Kier alpha value is -1.61. The highest BCUT2D eigenvalue weighted by Gasteiger charge is 2.32. The largest absolute Gasteiger partial charge is 0.323 e. The van der Waals surface area contributed by atoms with Crippen LogP contribution in [-0.2, 0) is 14.8 Å². The molecule has 2 aromatic rings. The molecule has 0 bridgehead atoms. The van der Waals surface area contributed by atoms with E-state index < -0.39 is 10.0 Å². The number of carbonyl (C=O) groups excluding carboxylic acids is 1. The van der Waals surface area contributed by atoms with Gasteiger partial charge in [0.1, 0.15) is 6.54 Å². The lowest BCUT2D eigenvalue weighted by atomic mass is 10.2. The van der Waals surface area contributed by atoms with Crippen molar-refractivity contribution in [2.24, 2.45) is 0 Å². The van der Waals surface area contributed by atoms with Crippen molar-refractivity contribution in [1.29, 1.82) is 0 Å². The molecule has 0 radical (unpaired) electrons. The van der Waals surface area contributed by atoms with Gasteiger partial charge in [-0.2, -0.15) is 0 Å². The highest BCUT2D eigenvalue weighted by molar-refractivity contribution is 14.1. The highest BCUT2D eigenvalue weighted by Crippen LogP contribution is 2.33. The molecule has 1 N–H and O–H groups in total. The number of hydrogen-bond acceptors (Lipinski definition) is 3. The molecule has 0 unspecified atom stereocenters. The number of carbonyl (C=O) groups is 1. The zero-order valence-corrected chi connectivity index (χ0v) is 13.8. The second-order valence-corrected chi connectivity index (χ2v) is 7.64. The van der Waals surface area contributed by atoms with Gasteiger partial charge in [0.25, 0.3) is 10.0 Å². The number of para-hydroxylation sites is 2. The molecular formula is C14H11IN2O3S. The van der Waals surface area contributed by atoms with Gasteiger partial charge < -0.3 is 5.32 Å². The Morgan fingerprint density at radius 1 is 1.05 bits per heavy atom. The van der Waals surface area contributed by atoms with Gasteiger partial charge in [-0.05, 0) is 59.0 Å². The average molecular weight is 414 g/mol. The van der Waals surface area contributed by atoms with Crippen molar-refractivity contribution < 1.29 is 13.2 Å². The Balaban J connectivity index is 2.11. The Morgan fingerprint density at radius 3 is 2.43 bits per heavy atom. The predicted octanol–water partition coefficient (Wildman–Crippen LogP) is 2.44. The Labute approximate surface area is 136 Å². The Bertz CT molecular complexity index is 803. The van der Waals surface area contributed by atoms with Crippen LogP contribution in [0, 0.1) is 3.57 Å². The van der Waals surface area contributed by atoms with Crippen LogP contribution < -0.4 is 9.62 Å². The summed E-state index contributed by atoms with van der Waals surface area (Å²) in [6.07, 6.45) is 0. The van der Waals surface area contributed by atoms with Crippen molar-refractivity contribution in [3.63, 3.8) is 0 Å². The zero-order chi connectivity index (χ0) is 15.0. The fourth-order valence-electron chi connectivity index (χ4n) is 2.15. The van der Waals surface area contributed by atoms with E-state index in [1.807, 2.05) is 0 Å². The van der Waals surface area contributed by atoms with Crippen molar-refractivity contribution in [1.82, 2.24) is 0 Å². The number of sulfonamides is 1. The summed E-state index contributed by atoms with van der Waals surface area (Å²) in [5, 5.41) is 2.68. The van der Waals surface area contributed by atoms with Crippen LogP contribution in [0.2, 0.25) is 0 Å². The molecule has 0 aliphatic carbocycles. The molecule has 0 aromatic heterocycles. The smallest absolute Gasteiger partial charge is 0.264 e. The predicted molar refractivity (Wildman–Crippen MR) is 88.8 cm³/mol. The molecule has 7 heteroatoms. The summed E-state index contributed by atoms with van der Waals surface area (Å²) in [5.74, 6) is -0.345. The number of fused-ring (bicyclic) bond motifs is 1. The zero-order valence-electron chi connectivity index (χ0n) is 10.8. The van der Waals surface area contributed by atoms with Crippen LogP contribution in [0.5, 0.6) is 0 Å². The lowest BCUT2D eigenvalue weighted by Crippen LogP contribution is -2.42. The van der Waals surface area contributed by atoms with Crippen molar-refractivity contribution in [2.75, 3.05) is 16.2 Å². The summed E-state index contributed by atoms with van der Waals surface area (Å²) >= 11 is 2.11. The van der Waals surface area contributed by atoms with E-state index in [2.05, 4.69) is 27.9 Å². The quantitative estimate of drug-likeness (QED) is 0.768. The summed E-state index contributed by atoms with van der Waals surface area (Å²) < 4.78 is 27.6. The maximum Gasteiger partial charge on any atom is 0.264 e. The standard InChI is InChI=1S/C14H11IN2O3S/c15-10-5-7-11(8-6-10)21(19,20)17-9-14(18)16-12-3-1-2-4-13(12)17/h1-8H,9H2,(H,16,18). The van der Waals surface area contributed by atoms with E-state index in [0.717, 1.165) is 7.88 Å². The fourth-order valence-corrected chi connectivity index (χ4v) is 3.95. The van der Waals surface area contributed by atoms with E-state index in [0.29, 0.717) is 11.4 Å². The number of nitrogens with one attached hydrogen (secondary N) is 1. The number of nitrogens with zero attached hydrogens (tertiary/aromatic N) is 1. The van der Waals surface area contributed by atoms with E-state index in [9.17, 15) is 13.2 Å². The molecule has 5 nitrogen and oxygen atoms in total. The SMILES string of the molecule is O=C1CN(S(=O)(=O)c2ccc(I)cc2)c2ccccc2N1. The first-order valence-electron chi connectivity index (χ1n) is 6.16. The number of rotatable bonds is 2. The second-order valence-electron chi connectivity index (χ2n) is 4.53. The van der Waals surface area contributed by atoms with Gasteiger partial charge in [0, 0.05) is 3.57 Å². The van der Waals surface area contributed by atoms with Crippen molar-refractivity contribution in [3.8, 4) is 0 Å². The Kier molecular flexibility index (Phi) is 3.62. The molecule has 0 saturated carbocycles. The van der Waals surface area contributed by atoms with Crippen LogP contribution >= 0.6 is 22.6 Å². The summed E-state index contributed by atoms with van der Waals surface area (Å²) in [5.41, 5.74) is 0.985. The minimum absolute atomic E-state index is 0.174. The lowest BCUT2D eigenvalue weighted by Gasteiger charge is -2.30. The Morgan fingerprint density at radius 2 is 1.71 bits per heavy atom. The molecule has 0 atom stereocenters. The van der Waals surface area contributed by atoms with E-state index in [4.69, 9.17) is 0 Å². The van der Waals surface area contributed by atoms with E-state index >= 15 is 0 Å². The molecule has 0 spiro atoms. The topological polar surface area (TPSA) is 66.5 Å². The van der Waals surface area contributed by atoms with Gasteiger partial charge in [0.05, 0.1) is 16.3 Å². The lowest BCUT2D eigenvalue weighted by molar-refractivity contribution is -0.115. The first kappa shape index (κ1) is 14.3. The first-order chi connectivity index (χ1) is 9.98. The van der Waals surface area contributed by atoms with Crippen LogP contribution in [0.15, 0.2) is 53.4 Å². The van der Waals surface area contributed by atoms with E-state index in [-0.39, 0.29) is 17.3 Å². The molecule has 1 aliphatic rings. The summed E-state index contributed by atoms with van der Waals surface area (Å²) in [6, 6.07) is 13.4. The minimum atomic E-state index is -3.76. The molecule has 1 amide bonds. The third-order valence-corrected chi connectivity index (χ3v) is 5.63. The number of hydrogen-bond donors (Lipinski definition) is 1. The van der Waals surface area contributed by atoms with Crippen LogP contribution in [-0.4, -0.2) is 20.9 Å². The summed E-state index contributed by atoms with van der Waals surface area (Å²) in [6.45, 7) is -0.217. The van der Waals surface area contributed by atoms with E-state index in [1.165, 1.54) is 0 Å². The number of benzene rings is 2. The van der Waals surface area contributed by atoms with Gasteiger partial charge in [-0.15, -0.1) is 0 Å². The van der Waals surface area contributed by atoms with Crippen molar-refractivity contribution in [3.05, 3.63) is 52.1 Å². The van der Waals surface area contributed by atoms with Gasteiger partial charge in [-0.1, -0.05) is 12.1 Å². The molecule has 1 aliphatic heterocycles. The molecular weight excluding hydrogens is 403 g/mol. The highest BCUT2D eigenvalue weighted by atomic mass is 127. The minimum Gasteiger partial charge on any atom is -0.323 e. The molecule has 0 fully saturated rings. The number of amides is 1. The number of anilines is 2. The van der Waals surface area contributed by atoms with Crippen LogP contribution in [0.4, 0.5) is 11.4 Å². The molecule has 21 heavy (non-hydrogen) atoms. The van der Waals surface area contributed by atoms with Gasteiger partial charge in [-0.25, -0.2) is 8.42 Å². The van der Waals surface area contributed by atoms with Crippen LogP contribution in [0.3, 0.4) is 0 Å². The molecule has 1 heterocycles. The van der Waals surface area contributed by atoms with E-state index in [1.54, 1.807) is 48.5 Å². The van der Waals surface area contributed by atoms with Gasteiger partial charge >= 0.3 is 0 Å². The van der Waals surface area contributed by atoms with Gasteiger partial charge in [0.15, 0.2) is 0 Å². The molecule has 0 saturated heterocycles. The van der Waals surface area contributed by atoms with Crippen molar-refractivity contribution in [2.45, 2.75) is 4.90 Å². The third kappa shape index (κ3) is 2.62. The molecule has 2 aromatic carbocycles. The maximum atomic E-state index is 12.8. The first-order valence-corrected chi connectivity index (χ1v) is 8.67.